The number of nitrogens with zero attached hydrogens (tertiary/aromatic N) is 1. The molecule has 0 radical (unpaired) electrons. The van der Waals surface area contributed by atoms with Crippen LogP contribution < -0.4 is 10.5 Å². The second-order valence-electron chi connectivity index (χ2n) is 6.23. The van der Waals surface area contributed by atoms with Crippen LogP contribution in [0, 0.1) is 5.41 Å². The Balaban J connectivity index is 2.80. The molecule has 0 amide bonds. The molecule has 1 rings (SSSR count). The fourth-order valence-corrected chi connectivity index (χ4v) is 4.15. The SMILES string of the molecule is CC1CCCCN1S(=O)(=O)NC(CN)C(C)(C)C. The first-order chi connectivity index (χ1) is 8.18. The summed E-state index contributed by atoms with van der Waals surface area (Å²) < 4.78 is 29.1. The highest BCUT2D eigenvalue weighted by Gasteiger charge is 2.34. The van der Waals surface area contributed by atoms with Gasteiger partial charge in [-0.3, -0.25) is 0 Å². The molecule has 6 heteroatoms. The third-order valence-electron chi connectivity index (χ3n) is 3.62. The van der Waals surface area contributed by atoms with Gasteiger partial charge < -0.3 is 5.73 Å². The molecule has 0 spiro atoms. The van der Waals surface area contributed by atoms with E-state index in [1.807, 2.05) is 27.7 Å². The van der Waals surface area contributed by atoms with Crippen LogP contribution in [-0.2, 0) is 10.2 Å². The van der Waals surface area contributed by atoms with Crippen molar-refractivity contribution in [3.8, 4) is 0 Å². The van der Waals surface area contributed by atoms with Gasteiger partial charge in [-0.25, -0.2) is 0 Å². The number of hydrogen-bond acceptors (Lipinski definition) is 3. The van der Waals surface area contributed by atoms with Crippen molar-refractivity contribution in [2.45, 2.75) is 59.0 Å². The van der Waals surface area contributed by atoms with Crippen LogP contribution in [0.3, 0.4) is 0 Å². The highest BCUT2D eigenvalue weighted by molar-refractivity contribution is 7.87. The van der Waals surface area contributed by atoms with Crippen LogP contribution in [0.4, 0.5) is 0 Å². The monoisotopic (exact) mass is 277 g/mol. The van der Waals surface area contributed by atoms with Crippen molar-refractivity contribution in [2.75, 3.05) is 13.1 Å². The predicted octanol–water partition coefficient (Wildman–Crippen LogP) is 1.07. The largest absolute Gasteiger partial charge is 0.329 e. The van der Waals surface area contributed by atoms with Crippen LogP contribution in [0.25, 0.3) is 0 Å². The Morgan fingerprint density at radius 1 is 1.39 bits per heavy atom. The molecule has 2 atom stereocenters. The highest BCUT2D eigenvalue weighted by Crippen LogP contribution is 2.23. The Bertz CT molecular complexity index is 362. The average Bonchev–Trinajstić information content (AvgIpc) is 2.24. The van der Waals surface area contributed by atoms with Gasteiger partial charge in [-0.1, -0.05) is 27.2 Å². The van der Waals surface area contributed by atoms with E-state index in [9.17, 15) is 8.42 Å². The Kier molecular flexibility index (Phi) is 5.17. The van der Waals surface area contributed by atoms with Crippen molar-refractivity contribution in [1.29, 1.82) is 0 Å². The van der Waals surface area contributed by atoms with Gasteiger partial charge in [-0.05, 0) is 25.2 Å². The quantitative estimate of drug-likeness (QED) is 0.807. The van der Waals surface area contributed by atoms with Crippen LogP contribution in [0.15, 0.2) is 0 Å². The van der Waals surface area contributed by atoms with E-state index in [2.05, 4.69) is 4.72 Å². The topological polar surface area (TPSA) is 75.4 Å². The maximum Gasteiger partial charge on any atom is 0.280 e. The molecule has 1 saturated heterocycles. The molecule has 0 aromatic rings. The Hall–Kier alpha value is -0.170. The lowest BCUT2D eigenvalue weighted by Crippen LogP contribution is -2.55. The summed E-state index contributed by atoms with van der Waals surface area (Å²) in [6.45, 7) is 8.86. The Morgan fingerprint density at radius 3 is 2.44 bits per heavy atom. The lowest BCUT2D eigenvalue weighted by Gasteiger charge is -2.36. The molecule has 0 aliphatic carbocycles. The molecule has 3 N–H and O–H groups in total. The van der Waals surface area contributed by atoms with Crippen LogP contribution in [0.5, 0.6) is 0 Å². The van der Waals surface area contributed by atoms with E-state index in [1.54, 1.807) is 4.31 Å². The van der Waals surface area contributed by atoms with Gasteiger partial charge in [0.1, 0.15) is 0 Å². The molecule has 5 nitrogen and oxygen atoms in total. The summed E-state index contributed by atoms with van der Waals surface area (Å²) in [4.78, 5) is 0. The van der Waals surface area contributed by atoms with Crippen LogP contribution in [-0.4, -0.2) is 37.9 Å². The maximum absolute atomic E-state index is 12.4. The van der Waals surface area contributed by atoms with E-state index in [0.29, 0.717) is 13.1 Å². The standard InChI is InChI=1S/C12H27N3O2S/c1-10-7-5-6-8-15(10)18(16,17)14-11(9-13)12(2,3)4/h10-11,14H,5-9,13H2,1-4H3. The summed E-state index contributed by atoms with van der Waals surface area (Å²) in [7, 11) is -3.42. The van der Waals surface area contributed by atoms with Crippen LogP contribution in [0.2, 0.25) is 0 Å². The minimum absolute atomic E-state index is 0.0784. The molecule has 1 aliphatic rings. The molecule has 0 bridgehead atoms. The van der Waals surface area contributed by atoms with Crippen LogP contribution in [0.1, 0.15) is 47.0 Å². The van der Waals surface area contributed by atoms with Crippen molar-refractivity contribution in [3.05, 3.63) is 0 Å². The first kappa shape index (κ1) is 15.9. The van der Waals surface area contributed by atoms with Crippen molar-refractivity contribution >= 4 is 10.2 Å². The van der Waals surface area contributed by atoms with Crippen molar-refractivity contribution < 1.29 is 8.42 Å². The third kappa shape index (κ3) is 3.91. The van der Waals surface area contributed by atoms with Gasteiger partial charge in [-0.2, -0.15) is 17.4 Å². The first-order valence-corrected chi connectivity index (χ1v) is 8.11. The molecular weight excluding hydrogens is 250 g/mol. The zero-order chi connectivity index (χ0) is 14.0. The van der Waals surface area contributed by atoms with Gasteiger partial charge in [-0.15, -0.1) is 0 Å². The summed E-state index contributed by atoms with van der Waals surface area (Å²) in [6, 6.07) is -0.161. The lowest BCUT2D eigenvalue weighted by molar-refractivity contribution is 0.250. The van der Waals surface area contributed by atoms with E-state index in [0.717, 1.165) is 19.3 Å². The van der Waals surface area contributed by atoms with E-state index in [-0.39, 0.29) is 17.5 Å². The highest BCUT2D eigenvalue weighted by atomic mass is 32.2. The van der Waals surface area contributed by atoms with Gasteiger partial charge in [0.05, 0.1) is 0 Å². The van der Waals surface area contributed by atoms with Crippen LogP contribution >= 0.6 is 0 Å². The number of nitrogens with one attached hydrogen (secondary N) is 1. The molecule has 1 aliphatic heterocycles. The molecular formula is C12H27N3O2S. The zero-order valence-electron chi connectivity index (χ0n) is 11.9. The third-order valence-corrected chi connectivity index (χ3v) is 5.37. The summed E-state index contributed by atoms with van der Waals surface area (Å²) in [6.07, 6.45) is 2.98. The van der Waals surface area contributed by atoms with Crippen molar-refractivity contribution in [1.82, 2.24) is 9.03 Å². The zero-order valence-corrected chi connectivity index (χ0v) is 12.8. The lowest BCUT2D eigenvalue weighted by atomic mass is 9.88. The number of rotatable bonds is 4. The van der Waals surface area contributed by atoms with Gasteiger partial charge in [0.15, 0.2) is 0 Å². The van der Waals surface area contributed by atoms with E-state index >= 15 is 0 Å². The number of piperidine rings is 1. The van der Waals surface area contributed by atoms with E-state index in [4.69, 9.17) is 5.73 Å². The van der Waals surface area contributed by atoms with E-state index < -0.39 is 10.2 Å². The number of hydrogen-bond donors (Lipinski definition) is 2. The maximum atomic E-state index is 12.4. The van der Waals surface area contributed by atoms with Gasteiger partial charge in [0, 0.05) is 25.2 Å². The average molecular weight is 277 g/mol. The fourth-order valence-electron chi connectivity index (χ4n) is 2.25. The summed E-state index contributed by atoms with van der Waals surface area (Å²) in [5.41, 5.74) is 5.51. The molecule has 1 heterocycles. The minimum atomic E-state index is -3.42. The summed E-state index contributed by atoms with van der Waals surface area (Å²) in [5, 5.41) is 0. The summed E-state index contributed by atoms with van der Waals surface area (Å²) in [5.74, 6) is 0. The second kappa shape index (κ2) is 5.86. The fraction of sp³-hybridized carbons (Fsp3) is 1.00. The molecule has 108 valence electrons. The normalized spacial score (nSPS) is 25.1. The minimum Gasteiger partial charge on any atom is -0.329 e. The molecule has 2 unspecified atom stereocenters. The van der Waals surface area contributed by atoms with Crippen molar-refractivity contribution in [3.63, 3.8) is 0 Å². The smallest absolute Gasteiger partial charge is 0.280 e. The second-order valence-corrected chi connectivity index (χ2v) is 7.89. The Labute approximate surface area is 111 Å². The molecule has 18 heavy (non-hydrogen) atoms. The summed E-state index contributed by atoms with van der Waals surface area (Å²) >= 11 is 0. The van der Waals surface area contributed by atoms with Gasteiger partial charge in [0.25, 0.3) is 10.2 Å². The Morgan fingerprint density at radius 2 is 2.00 bits per heavy atom. The van der Waals surface area contributed by atoms with Gasteiger partial charge in [0.2, 0.25) is 0 Å². The molecule has 0 saturated carbocycles. The molecule has 0 aromatic heterocycles. The van der Waals surface area contributed by atoms with Crippen molar-refractivity contribution in [2.24, 2.45) is 11.1 Å². The predicted molar refractivity (Wildman–Crippen MR) is 74.4 cm³/mol. The molecule has 0 aromatic carbocycles. The number of nitrogens with two attached hydrogens (primary N) is 1. The molecule has 1 fully saturated rings. The van der Waals surface area contributed by atoms with E-state index in [1.165, 1.54) is 0 Å². The van der Waals surface area contributed by atoms with Gasteiger partial charge >= 0.3 is 0 Å². The first-order valence-electron chi connectivity index (χ1n) is 6.67.